The second-order valence-electron chi connectivity index (χ2n) is 11.6. The van der Waals surface area contributed by atoms with Gasteiger partial charge in [0.25, 0.3) is 5.91 Å². The molecular formula is C36H36N2O7. The van der Waals surface area contributed by atoms with Crippen LogP contribution >= 0.6 is 0 Å². The molecule has 0 aromatic heterocycles. The number of fused-ring (bicyclic) bond motifs is 1. The zero-order valence-corrected chi connectivity index (χ0v) is 25.3. The first-order chi connectivity index (χ1) is 21.6. The molecule has 3 N–H and O–H groups in total. The number of carbonyl (C=O) groups excluding carboxylic acids is 2. The number of amides is 2. The third kappa shape index (κ3) is 7.62. The molecule has 1 atom stereocenters. The second-order valence-corrected chi connectivity index (χ2v) is 11.6. The van der Waals surface area contributed by atoms with Gasteiger partial charge in [-0.1, -0.05) is 66.7 Å². The summed E-state index contributed by atoms with van der Waals surface area (Å²) in [6.07, 6.45) is 0.180. The molecule has 0 saturated heterocycles. The molecule has 0 fully saturated rings. The summed E-state index contributed by atoms with van der Waals surface area (Å²) in [5.74, 6) is -0.196. The van der Waals surface area contributed by atoms with Crippen molar-refractivity contribution in [2.45, 2.75) is 51.3 Å². The first kappa shape index (κ1) is 31.1. The minimum absolute atomic E-state index is 0.0859. The van der Waals surface area contributed by atoms with E-state index in [1.54, 1.807) is 18.2 Å². The van der Waals surface area contributed by atoms with Crippen LogP contribution in [0.15, 0.2) is 97.1 Å². The molecule has 1 aliphatic heterocycles. The number of hydrogen-bond acceptors (Lipinski definition) is 6. The van der Waals surface area contributed by atoms with Gasteiger partial charge in [-0.3, -0.25) is 9.59 Å². The summed E-state index contributed by atoms with van der Waals surface area (Å²) in [6.45, 7) is 4.26. The van der Waals surface area contributed by atoms with Crippen LogP contribution in [0.3, 0.4) is 0 Å². The number of hydrogen-bond donors (Lipinski definition) is 2. The number of carboxylic acid groups (broad SMARTS) is 1. The fourth-order valence-corrected chi connectivity index (χ4v) is 5.53. The summed E-state index contributed by atoms with van der Waals surface area (Å²) in [7, 11) is 0. The topological polar surface area (TPSA) is 128 Å². The number of carbonyl (C=O) groups is 3. The fourth-order valence-electron chi connectivity index (χ4n) is 5.53. The number of rotatable bonds is 13. The van der Waals surface area contributed by atoms with E-state index in [9.17, 15) is 19.5 Å². The fraction of sp³-hybridized carbons (Fsp3) is 0.250. The van der Waals surface area contributed by atoms with Crippen molar-refractivity contribution >= 4 is 17.8 Å². The maximum atomic E-state index is 14.0. The number of primary amides is 1. The predicted octanol–water partition coefficient (Wildman–Crippen LogP) is 5.84. The van der Waals surface area contributed by atoms with E-state index in [0.29, 0.717) is 35.8 Å². The number of nitrogens with two attached hydrogens (primary N) is 1. The molecule has 4 aromatic rings. The summed E-state index contributed by atoms with van der Waals surface area (Å²) in [5, 5.41) is 10.2. The van der Waals surface area contributed by atoms with Crippen molar-refractivity contribution in [3.63, 3.8) is 0 Å². The third-order valence-corrected chi connectivity index (χ3v) is 7.78. The summed E-state index contributed by atoms with van der Waals surface area (Å²) in [5.41, 5.74) is 8.59. The Kier molecular flexibility index (Phi) is 9.37. The van der Waals surface area contributed by atoms with Crippen molar-refractivity contribution in [2.24, 2.45) is 5.73 Å². The van der Waals surface area contributed by atoms with Gasteiger partial charge in [-0.25, -0.2) is 4.79 Å². The monoisotopic (exact) mass is 608 g/mol. The van der Waals surface area contributed by atoms with Gasteiger partial charge in [-0.05, 0) is 73.2 Å². The van der Waals surface area contributed by atoms with Gasteiger partial charge in [-0.2, -0.15) is 0 Å². The SMILES string of the molecule is CC(C)(Cc1ccccc1)N(C(=O)c1ccc(-c2ccc(COc3ccc4c(c3)OCO4)cc2)cc1)[C@@H](CCC(N)=O)C(=O)O. The lowest BCUT2D eigenvalue weighted by molar-refractivity contribution is -0.144. The van der Waals surface area contributed by atoms with Crippen LogP contribution in [0.5, 0.6) is 17.2 Å². The van der Waals surface area contributed by atoms with Crippen molar-refractivity contribution in [1.29, 1.82) is 0 Å². The normalized spacial score (nSPS) is 12.8. The Morgan fingerprint density at radius 3 is 2.16 bits per heavy atom. The van der Waals surface area contributed by atoms with Gasteiger partial charge in [0, 0.05) is 23.6 Å². The second kappa shape index (κ2) is 13.5. The zero-order valence-electron chi connectivity index (χ0n) is 25.3. The van der Waals surface area contributed by atoms with E-state index in [4.69, 9.17) is 19.9 Å². The van der Waals surface area contributed by atoms with Crippen molar-refractivity contribution in [1.82, 2.24) is 4.90 Å². The van der Waals surface area contributed by atoms with Crippen LogP contribution in [0.1, 0.15) is 48.2 Å². The summed E-state index contributed by atoms with van der Waals surface area (Å²) < 4.78 is 16.7. The average molecular weight is 609 g/mol. The highest BCUT2D eigenvalue weighted by Gasteiger charge is 2.40. The van der Waals surface area contributed by atoms with Gasteiger partial charge in [0.15, 0.2) is 11.5 Å². The molecule has 2 amide bonds. The quantitative estimate of drug-likeness (QED) is 0.195. The van der Waals surface area contributed by atoms with E-state index >= 15 is 0 Å². The van der Waals surface area contributed by atoms with Crippen LogP contribution in [0.2, 0.25) is 0 Å². The number of ether oxygens (including phenoxy) is 3. The molecule has 0 unspecified atom stereocenters. The van der Waals surface area contributed by atoms with Crippen LogP contribution in [0, 0.1) is 0 Å². The molecular weight excluding hydrogens is 572 g/mol. The largest absolute Gasteiger partial charge is 0.489 e. The van der Waals surface area contributed by atoms with Crippen LogP contribution in [0.25, 0.3) is 11.1 Å². The Morgan fingerprint density at radius 1 is 0.867 bits per heavy atom. The first-order valence-electron chi connectivity index (χ1n) is 14.7. The molecule has 9 heteroatoms. The smallest absolute Gasteiger partial charge is 0.326 e. The Bertz CT molecular complexity index is 1650. The molecule has 1 aliphatic rings. The summed E-state index contributed by atoms with van der Waals surface area (Å²) >= 11 is 0. The zero-order chi connectivity index (χ0) is 32.0. The van der Waals surface area contributed by atoms with E-state index < -0.39 is 29.4 Å². The lowest BCUT2D eigenvalue weighted by Crippen LogP contribution is -2.57. The Balaban J connectivity index is 1.32. The van der Waals surface area contributed by atoms with Gasteiger partial charge < -0.3 is 30.0 Å². The molecule has 0 bridgehead atoms. The number of aliphatic carboxylic acids is 1. The van der Waals surface area contributed by atoms with Crippen LogP contribution in [-0.4, -0.2) is 46.2 Å². The third-order valence-electron chi connectivity index (χ3n) is 7.78. The van der Waals surface area contributed by atoms with E-state index in [-0.39, 0.29) is 19.6 Å². The van der Waals surface area contributed by atoms with E-state index in [0.717, 1.165) is 22.3 Å². The van der Waals surface area contributed by atoms with Crippen molar-refractivity contribution < 1.29 is 33.7 Å². The van der Waals surface area contributed by atoms with Crippen molar-refractivity contribution in [3.8, 4) is 28.4 Å². The number of carboxylic acids is 1. The Hall–Kier alpha value is -5.31. The molecule has 1 heterocycles. The molecule has 5 rings (SSSR count). The highest BCUT2D eigenvalue weighted by atomic mass is 16.7. The predicted molar refractivity (Wildman–Crippen MR) is 169 cm³/mol. The van der Waals surface area contributed by atoms with Crippen LogP contribution < -0.4 is 19.9 Å². The highest BCUT2D eigenvalue weighted by molar-refractivity contribution is 5.97. The lowest BCUT2D eigenvalue weighted by atomic mass is 9.89. The molecule has 0 saturated carbocycles. The van der Waals surface area contributed by atoms with E-state index in [1.807, 2.05) is 92.7 Å². The summed E-state index contributed by atoms with van der Waals surface area (Å²) in [4.78, 5) is 39.5. The van der Waals surface area contributed by atoms with Crippen molar-refractivity contribution in [3.05, 3.63) is 114 Å². The maximum absolute atomic E-state index is 14.0. The van der Waals surface area contributed by atoms with Gasteiger partial charge in [0.1, 0.15) is 18.4 Å². The first-order valence-corrected chi connectivity index (χ1v) is 14.7. The minimum Gasteiger partial charge on any atom is -0.489 e. The van der Waals surface area contributed by atoms with Crippen molar-refractivity contribution in [2.75, 3.05) is 6.79 Å². The number of benzene rings is 4. The Morgan fingerprint density at radius 2 is 1.51 bits per heavy atom. The van der Waals surface area contributed by atoms with Gasteiger partial charge in [-0.15, -0.1) is 0 Å². The Labute approximate surface area is 262 Å². The molecule has 0 radical (unpaired) electrons. The number of nitrogens with zero attached hydrogens (tertiary/aromatic N) is 1. The molecule has 4 aromatic carbocycles. The maximum Gasteiger partial charge on any atom is 0.326 e. The molecule has 0 aliphatic carbocycles. The van der Waals surface area contributed by atoms with E-state index in [1.165, 1.54) is 4.90 Å². The van der Waals surface area contributed by atoms with Gasteiger partial charge >= 0.3 is 5.97 Å². The average Bonchev–Trinajstić information content (AvgIpc) is 3.50. The molecule has 45 heavy (non-hydrogen) atoms. The van der Waals surface area contributed by atoms with E-state index in [2.05, 4.69) is 0 Å². The van der Waals surface area contributed by atoms with Gasteiger partial charge in [0.05, 0.1) is 0 Å². The van der Waals surface area contributed by atoms with Gasteiger partial charge in [0.2, 0.25) is 12.7 Å². The van der Waals surface area contributed by atoms with Crippen LogP contribution in [0.4, 0.5) is 0 Å². The molecule has 9 nitrogen and oxygen atoms in total. The summed E-state index contributed by atoms with van der Waals surface area (Å²) in [6, 6.07) is 28.8. The molecule has 232 valence electrons. The lowest BCUT2D eigenvalue weighted by Gasteiger charge is -2.42. The highest BCUT2D eigenvalue weighted by Crippen LogP contribution is 2.35. The van der Waals surface area contributed by atoms with Crippen LogP contribution in [-0.2, 0) is 22.6 Å². The standard InChI is InChI=1S/C36H36N2O7/c1-36(2,21-24-6-4-3-5-7-24)38(30(35(41)42)17-19-33(37)39)34(40)28-14-12-27(13-15-28)26-10-8-25(9-11-26)22-43-29-16-18-31-32(20-29)45-23-44-31/h3-16,18,20,30H,17,19,21-23H2,1-2H3,(H2,37,39)(H,41,42)/t30-/m0/s1. The minimum atomic E-state index is -1.24. The molecule has 0 spiro atoms.